The number of hydrogen-bond acceptors (Lipinski definition) is 4. The normalized spacial score (nSPS) is 20.6. The van der Waals surface area contributed by atoms with Crippen LogP contribution in [0.25, 0.3) is 0 Å². The zero-order valence-electron chi connectivity index (χ0n) is 10.1. The van der Waals surface area contributed by atoms with Crippen LogP contribution in [-0.2, 0) is 4.79 Å². The second-order valence-corrected chi connectivity index (χ2v) is 4.37. The highest BCUT2D eigenvalue weighted by Gasteiger charge is 2.24. The molecule has 2 N–H and O–H groups in total. The third-order valence-corrected chi connectivity index (χ3v) is 3.27. The highest BCUT2D eigenvalue weighted by atomic mass is 16.3. The Balaban J connectivity index is 1.99. The molecule has 0 fully saturated rings. The number of carbonyl (C=O) groups excluding carboxylic acids is 1. The molecule has 0 spiro atoms. The molecule has 0 aromatic rings. The van der Waals surface area contributed by atoms with E-state index < -0.39 is 0 Å². The zero-order chi connectivity index (χ0) is 12.3. The summed E-state index contributed by atoms with van der Waals surface area (Å²) in [7, 11) is 0. The molecule has 0 radical (unpaired) electrons. The molecule has 0 saturated carbocycles. The summed E-state index contributed by atoms with van der Waals surface area (Å²) in [6.45, 7) is 2.84. The van der Waals surface area contributed by atoms with Crippen LogP contribution < -0.4 is 5.32 Å². The van der Waals surface area contributed by atoms with Crippen LogP contribution in [0, 0.1) is 0 Å². The Morgan fingerprint density at radius 3 is 3.06 bits per heavy atom. The van der Waals surface area contributed by atoms with Crippen molar-refractivity contribution in [3.8, 4) is 0 Å². The van der Waals surface area contributed by atoms with Crippen LogP contribution in [0.4, 0.5) is 0 Å². The molecule has 92 valence electrons. The van der Waals surface area contributed by atoms with Crippen molar-refractivity contribution in [2.75, 3.05) is 13.2 Å². The SMILES string of the molecule is CCC(CO)NCC1=CCC2=C1N=CCC2=O. The fraction of sp³-hybridized carbons (Fsp3) is 0.538. The Bertz CT molecular complexity index is 404. The monoisotopic (exact) mass is 234 g/mol. The molecule has 1 aliphatic heterocycles. The predicted molar refractivity (Wildman–Crippen MR) is 67.0 cm³/mol. The number of nitrogens with one attached hydrogen (secondary N) is 1. The van der Waals surface area contributed by atoms with Gasteiger partial charge in [-0.25, -0.2) is 0 Å². The van der Waals surface area contributed by atoms with E-state index in [1.54, 1.807) is 6.21 Å². The number of aliphatic imine (C=N–C) groups is 1. The fourth-order valence-corrected chi connectivity index (χ4v) is 2.11. The van der Waals surface area contributed by atoms with Crippen LogP contribution in [0.2, 0.25) is 0 Å². The highest BCUT2D eigenvalue weighted by molar-refractivity contribution is 6.07. The van der Waals surface area contributed by atoms with Gasteiger partial charge in [-0.05, 0) is 18.4 Å². The van der Waals surface area contributed by atoms with E-state index in [4.69, 9.17) is 5.11 Å². The van der Waals surface area contributed by atoms with Crippen molar-refractivity contribution in [3.05, 3.63) is 22.9 Å². The summed E-state index contributed by atoms with van der Waals surface area (Å²) in [5.74, 6) is 0.190. The lowest BCUT2D eigenvalue weighted by molar-refractivity contribution is -0.114. The topological polar surface area (TPSA) is 61.7 Å². The van der Waals surface area contributed by atoms with E-state index in [9.17, 15) is 4.79 Å². The van der Waals surface area contributed by atoms with Crippen molar-refractivity contribution in [1.82, 2.24) is 5.32 Å². The van der Waals surface area contributed by atoms with Gasteiger partial charge in [0, 0.05) is 30.8 Å². The summed E-state index contributed by atoms with van der Waals surface area (Å²) in [4.78, 5) is 15.9. The molecule has 0 aromatic carbocycles. The molecule has 1 atom stereocenters. The Labute approximate surface area is 101 Å². The lowest BCUT2D eigenvalue weighted by Gasteiger charge is -2.16. The fourth-order valence-electron chi connectivity index (χ4n) is 2.11. The van der Waals surface area contributed by atoms with Crippen LogP contribution in [-0.4, -0.2) is 36.3 Å². The van der Waals surface area contributed by atoms with Gasteiger partial charge in [0.05, 0.1) is 12.3 Å². The molecular formula is C13H18N2O2. The average molecular weight is 234 g/mol. The average Bonchev–Trinajstić information content (AvgIpc) is 2.75. The minimum atomic E-state index is 0.115. The van der Waals surface area contributed by atoms with Gasteiger partial charge in [-0.15, -0.1) is 0 Å². The summed E-state index contributed by atoms with van der Waals surface area (Å²) >= 11 is 0. The van der Waals surface area contributed by atoms with Gasteiger partial charge in [0.1, 0.15) is 0 Å². The maximum absolute atomic E-state index is 11.6. The molecule has 1 heterocycles. The minimum Gasteiger partial charge on any atom is -0.395 e. The quantitative estimate of drug-likeness (QED) is 0.745. The maximum atomic E-state index is 11.6. The first-order valence-electron chi connectivity index (χ1n) is 6.08. The van der Waals surface area contributed by atoms with Gasteiger partial charge in [-0.3, -0.25) is 9.79 Å². The zero-order valence-corrected chi connectivity index (χ0v) is 10.1. The molecule has 2 rings (SSSR count). The van der Waals surface area contributed by atoms with E-state index in [1.165, 1.54) is 0 Å². The van der Waals surface area contributed by atoms with Crippen LogP contribution >= 0.6 is 0 Å². The first kappa shape index (κ1) is 12.2. The lowest BCUT2D eigenvalue weighted by atomic mass is 10.0. The van der Waals surface area contributed by atoms with Crippen LogP contribution in [0.3, 0.4) is 0 Å². The standard InChI is InChI=1S/C13H18N2O2/c1-2-10(8-16)15-7-9-3-4-11-12(17)5-6-14-13(9)11/h3,6,10,15-16H,2,4-5,7-8H2,1H3. The van der Waals surface area contributed by atoms with Crippen molar-refractivity contribution in [1.29, 1.82) is 0 Å². The molecule has 0 amide bonds. The largest absolute Gasteiger partial charge is 0.395 e. The van der Waals surface area contributed by atoms with Crippen molar-refractivity contribution in [2.24, 2.45) is 4.99 Å². The number of nitrogens with zero attached hydrogens (tertiary/aromatic N) is 1. The van der Waals surface area contributed by atoms with Gasteiger partial charge in [-0.1, -0.05) is 13.0 Å². The van der Waals surface area contributed by atoms with E-state index in [0.29, 0.717) is 19.4 Å². The van der Waals surface area contributed by atoms with Gasteiger partial charge in [0.15, 0.2) is 5.78 Å². The van der Waals surface area contributed by atoms with E-state index in [-0.39, 0.29) is 18.4 Å². The molecule has 0 aromatic heterocycles. The van der Waals surface area contributed by atoms with E-state index >= 15 is 0 Å². The number of carbonyl (C=O) groups is 1. The summed E-state index contributed by atoms with van der Waals surface area (Å²) in [6.07, 6.45) is 5.77. The number of allylic oxidation sites excluding steroid dienone is 2. The number of rotatable bonds is 5. The summed E-state index contributed by atoms with van der Waals surface area (Å²) < 4.78 is 0. The predicted octanol–water partition coefficient (Wildman–Crippen LogP) is 0.975. The molecular weight excluding hydrogens is 216 g/mol. The molecule has 1 aliphatic carbocycles. The molecule has 0 bridgehead atoms. The third-order valence-electron chi connectivity index (χ3n) is 3.27. The maximum Gasteiger partial charge on any atom is 0.166 e. The van der Waals surface area contributed by atoms with Gasteiger partial charge in [0.2, 0.25) is 0 Å². The smallest absolute Gasteiger partial charge is 0.166 e. The summed E-state index contributed by atoms with van der Waals surface area (Å²) in [5.41, 5.74) is 2.78. The minimum absolute atomic E-state index is 0.115. The summed E-state index contributed by atoms with van der Waals surface area (Å²) in [5, 5.41) is 12.4. The van der Waals surface area contributed by atoms with Gasteiger partial charge >= 0.3 is 0 Å². The van der Waals surface area contributed by atoms with Crippen molar-refractivity contribution in [2.45, 2.75) is 32.2 Å². The Hall–Kier alpha value is -1.26. The van der Waals surface area contributed by atoms with E-state index in [1.807, 2.05) is 6.92 Å². The summed E-state index contributed by atoms with van der Waals surface area (Å²) in [6, 6.07) is 0.115. The Morgan fingerprint density at radius 2 is 2.35 bits per heavy atom. The molecule has 2 aliphatic rings. The van der Waals surface area contributed by atoms with Gasteiger partial charge in [0.25, 0.3) is 0 Å². The van der Waals surface area contributed by atoms with Gasteiger partial charge < -0.3 is 10.4 Å². The molecule has 0 saturated heterocycles. The van der Waals surface area contributed by atoms with Crippen molar-refractivity contribution in [3.63, 3.8) is 0 Å². The third kappa shape index (κ3) is 2.53. The number of Topliss-reactive ketones (excluding diaryl/α,β-unsaturated/α-hetero) is 1. The Morgan fingerprint density at radius 1 is 1.53 bits per heavy atom. The molecule has 4 heteroatoms. The first-order valence-corrected chi connectivity index (χ1v) is 6.08. The van der Waals surface area contributed by atoms with Crippen molar-refractivity contribution < 1.29 is 9.90 Å². The van der Waals surface area contributed by atoms with E-state index in [0.717, 1.165) is 23.3 Å². The first-order chi connectivity index (χ1) is 8.26. The second kappa shape index (κ2) is 5.38. The highest BCUT2D eigenvalue weighted by Crippen LogP contribution is 2.30. The van der Waals surface area contributed by atoms with Crippen LogP contribution in [0.15, 0.2) is 27.9 Å². The van der Waals surface area contributed by atoms with Crippen LogP contribution in [0.1, 0.15) is 26.2 Å². The lowest BCUT2D eigenvalue weighted by Crippen LogP contribution is -2.33. The number of aliphatic hydroxyl groups is 1. The molecule has 4 nitrogen and oxygen atoms in total. The van der Waals surface area contributed by atoms with E-state index in [2.05, 4.69) is 16.4 Å². The number of aliphatic hydroxyl groups excluding tert-OH is 1. The molecule has 1 unspecified atom stereocenters. The molecule has 17 heavy (non-hydrogen) atoms. The van der Waals surface area contributed by atoms with Gasteiger partial charge in [-0.2, -0.15) is 0 Å². The number of hydrogen-bond donors (Lipinski definition) is 2. The number of ketones is 1. The van der Waals surface area contributed by atoms with Crippen molar-refractivity contribution >= 4 is 12.0 Å². The van der Waals surface area contributed by atoms with Crippen LogP contribution in [0.5, 0.6) is 0 Å². The Kier molecular flexibility index (Phi) is 3.86. The second-order valence-electron chi connectivity index (χ2n) is 4.37.